The molecular formula is C16H23NOS. The van der Waals surface area contributed by atoms with Gasteiger partial charge in [0.25, 0.3) is 5.91 Å². The Hall–Kier alpha value is -0.830. The molecule has 1 heterocycles. The second-order valence-corrected chi connectivity index (χ2v) is 7.89. The highest BCUT2D eigenvalue weighted by molar-refractivity contribution is 7.12. The van der Waals surface area contributed by atoms with Crippen LogP contribution in [0, 0.1) is 31.6 Å². The van der Waals surface area contributed by atoms with Crippen molar-refractivity contribution in [2.24, 2.45) is 17.8 Å². The molecule has 1 aromatic rings. The highest BCUT2D eigenvalue weighted by atomic mass is 32.1. The van der Waals surface area contributed by atoms with Crippen molar-refractivity contribution in [3.8, 4) is 0 Å². The molecule has 104 valence electrons. The number of rotatable bonds is 3. The Morgan fingerprint density at radius 2 is 2.16 bits per heavy atom. The number of carbonyl (C=O) groups is 1. The van der Waals surface area contributed by atoms with Crippen LogP contribution in [0.3, 0.4) is 0 Å². The third-order valence-electron chi connectivity index (χ3n) is 5.08. The van der Waals surface area contributed by atoms with Crippen LogP contribution in [0.2, 0.25) is 0 Å². The Bertz CT molecular complexity index is 493. The molecule has 0 aliphatic heterocycles. The highest BCUT2D eigenvalue weighted by Crippen LogP contribution is 2.49. The molecule has 2 bridgehead atoms. The van der Waals surface area contributed by atoms with Crippen molar-refractivity contribution >= 4 is 17.2 Å². The van der Waals surface area contributed by atoms with Crippen molar-refractivity contribution in [2.75, 3.05) is 0 Å². The van der Waals surface area contributed by atoms with Crippen molar-refractivity contribution in [3.05, 3.63) is 21.4 Å². The fourth-order valence-corrected chi connectivity index (χ4v) is 5.08. The van der Waals surface area contributed by atoms with Gasteiger partial charge in [-0.15, -0.1) is 11.3 Å². The average molecular weight is 277 g/mol. The van der Waals surface area contributed by atoms with E-state index in [1.807, 2.05) is 13.0 Å². The summed E-state index contributed by atoms with van der Waals surface area (Å²) in [7, 11) is 0. The van der Waals surface area contributed by atoms with Gasteiger partial charge in [0.05, 0.1) is 5.56 Å². The Labute approximate surface area is 119 Å². The lowest BCUT2D eigenvalue weighted by molar-refractivity contribution is 0.0915. The summed E-state index contributed by atoms with van der Waals surface area (Å²) >= 11 is 1.71. The van der Waals surface area contributed by atoms with Crippen LogP contribution >= 0.6 is 11.3 Å². The molecule has 0 radical (unpaired) electrons. The Kier molecular flexibility index (Phi) is 3.42. The molecule has 2 fully saturated rings. The van der Waals surface area contributed by atoms with E-state index in [2.05, 4.69) is 19.2 Å². The summed E-state index contributed by atoms with van der Waals surface area (Å²) in [5.74, 6) is 2.64. The smallest absolute Gasteiger partial charge is 0.252 e. The van der Waals surface area contributed by atoms with E-state index in [1.54, 1.807) is 11.3 Å². The zero-order chi connectivity index (χ0) is 13.6. The molecule has 2 saturated carbocycles. The molecule has 1 aromatic heterocycles. The standard InChI is InChI=1S/C16H23NOS/c1-9-6-15(11(3)19-9)16(18)17-10(2)14-8-12-4-5-13(14)7-12/h6,10,12-14H,4-5,7-8H2,1-3H3,(H,17,18)/t10-,12-,13-,14+/m0/s1. The molecule has 1 N–H and O–H groups in total. The lowest BCUT2D eigenvalue weighted by atomic mass is 9.84. The number of carbonyl (C=O) groups excluding carboxylic acids is 1. The number of nitrogens with one attached hydrogen (secondary N) is 1. The maximum absolute atomic E-state index is 12.3. The molecule has 2 aliphatic rings. The van der Waals surface area contributed by atoms with E-state index in [1.165, 1.54) is 30.6 Å². The van der Waals surface area contributed by atoms with Crippen LogP contribution in [0.5, 0.6) is 0 Å². The van der Waals surface area contributed by atoms with Gasteiger partial charge in [0.15, 0.2) is 0 Å². The van der Waals surface area contributed by atoms with Crippen LogP contribution < -0.4 is 5.32 Å². The van der Waals surface area contributed by atoms with E-state index in [0.29, 0.717) is 12.0 Å². The van der Waals surface area contributed by atoms with Crippen LogP contribution in [0.15, 0.2) is 6.07 Å². The van der Waals surface area contributed by atoms with E-state index in [4.69, 9.17) is 0 Å². The second kappa shape index (κ2) is 4.93. The van der Waals surface area contributed by atoms with Crippen LogP contribution in [-0.2, 0) is 0 Å². The van der Waals surface area contributed by atoms with Crippen molar-refractivity contribution in [1.29, 1.82) is 0 Å². The quantitative estimate of drug-likeness (QED) is 0.891. The Balaban J connectivity index is 1.65. The van der Waals surface area contributed by atoms with Crippen molar-refractivity contribution in [1.82, 2.24) is 5.32 Å². The molecule has 2 aliphatic carbocycles. The summed E-state index contributed by atoms with van der Waals surface area (Å²) in [6.45, 7) is 6.29. The summed E-state index contributed by atoms with van der Waals surface area (Å²) in [5, 5.41) is 3.24. The molecular weight excluding hydrogens is 254 g/mol. The topological polar surface area (TPSA) is 29.1 Å². The molecule has 2 nitrogen and oxygen atoms in total. The van der Waals surface area contributed by atoms with E-state index >= 15 is 0 Å². The first-order chi connectivity index (χ1) is 9.04. The molecule has 0 aromatic carbocycles. The monoisotopic (exact) mass is 277 g/mol. The van der Waals surface area contributed by atoms with Crippen LogP contribution in [0.1, 0.15) is 52.7 Å². The predicted octanol–water partition coefficient (Wildman–Crippen LogP) is 3.92. The molecule has 4 atom stereocenters. The zero-order valence-electron chi connectivity index (χ0n) is 12.0. The summed E-state index contributed by atoms with van der Waals surface area (Å²) in [6.07, 6.45) is 5.53. The SMILES string of the molecule is Cc1cc(C(=O)N[C@@H](C)[C@H]2C[C@H]3CC[C@H]2C3)c(C)s1. The Morgan fingerprint density at radius 1 is 1.37 bits per heavy atom. The average Bonchev–Trinajstić information content (AvgIpc) is 3.03. The van der Waals surface area contributed by atoms with Gasteiger partial charge in [-0.3, -0.25) is 4.79 Å². The number of hydrogen-bond acceptors (Lipinski definition) is 2. The third kappa shape index (κ3) is 2.45. The van der Waals surface area contributed by atoms with Gasteiger partial charge in [-0.25, -0.2) is 0 Å². The van der Waals surface area contributed by atoms with E-state index in [9.17, 15) is 4.79 Å². The maximum Gasteiger partial charge on any atom is 0.252 e. The predicted molar refractivity (Wildman–Crippen MR) is 79.7 cm³/mol. The lowest BCUT2D eigenvalue weighted by Gasteiger charge is -2.28. The van der Waals surface area contributed by atoms with Gasteiger partial charge in [0.1, 0.15) is 0 Å². The van der Waals surface area contributed by atoms with E-state index in [0.717, 1.165) is 22.3 Å². The van der Waals surface area contributed by atoms with Crippen molar-refractivity contribution in [3.63, 3.8) is 0 Å². The van der Waals surface area contributed by atoms with Gasteiger partial charge in [-0.2, -0.15) is 0 Å². The maximum atomic E-state index is 12.3. The van der Waals surface area contributed by atoms with E-state index in [-0.39, 0.29) is 5.91 Å². The van der Waals surface area contributed by atoms with Crippen molar-refractivity contribution < 1.29 is 4.79 Å². The van der Waals surface area contributed by atoms with Gasteiger partial charge < -0.3 is 5.32 Å². The first-order valence-electron chi connectivity index (χ1n) is 7.42. The lowest BCUT2D eigenvalue weighted by Crippen LogP contribution is -2.40. The minimum atomic E-state index is 0.122. The minimum absolute atomic E-state index is 0.122. The zero-order valence-corrected chi connectivity index (χ0v) is 12.8. The normalized spacial score (nSPS) is 30.6. The second-order valence-electron chi connectivity index (χ2n) is 6.43. The van der Waals surface area contributed by atoms with Crippen LogP contribution in [0.4, 0.5) is 0 Å². The molecule has 0 saturated heterocycles. The molecule has 0 spiro atoms. The first kappa shape index (κ1) is 13.2. The number of hydrogen-bond donors (Lipinski definition) is 1. The van der Waals surface area contributed by atoms with Crippen molar-refractivity contribution in [2.45, 2.75) is 52.5 Å². The van der Waals surface area contributed by atoms with Gasteiger partial charge >= 0.3 is 0 Å². The molecule has 1 amide bonds. The van der Waals surface area contributed by atoms with Gasteiger partial charge in [-0.05, 0) is 63.9 Å². The van der Waals surface area contributed by atoms with Crippen LogP contribution in [0.25, 0.3) is 0 Å². The highest BCUT2D eigenvalue weighted by Gasteiger charge is 2.42. The van der Waals surface area contributed by atoms with Gasteiger partial charge in [-0.1, -0.05) is 6.42 Å². The fourth-order valence-electron chi connectivity index (χ4n) is 4.15. The molecule has 3 rings (SSSR count). The minimum Gasteiger partial charge on any atom is -0.349 e. The van der Waals surface area contributed by atoms with Gasteiger partial charge in [0, 0.05) is 15.8 Å². The number of fused-ring (bicyclic) bond motifs is 2. The van der Waals surface area contributed by atoms with Crippen LogP contribution in [-0.4, -0.2) is 11.9 Å². The van der Waals surface area contributed by atoms with E-state index < -0.39 is 0 Å². The summed E-state index contributed by atoms with van der Waals surface area (Å²) in [4.78, 5) is 14.7. The molecule has 19 heavy (non-hydrogen) atoms. The summed E-state index contributed by atoms with van der Waals surface area (Å²) in [6, 6.07) is 2.34. The van der Waals surface area contributed by atoms with Gasteiger partial charge in [0.2, 0.25) is 0 Å². The number of amides is 1. The molecule has 3 heteroatoms. The number of aryl methyl sites for hydroxylation is 2. The molecule has 0 unspecified atom stereocenters. The largest absolute Gasteiger partial charge is 0.349 e. The summed E-state index contributed by atoms with van der Waals surface area (Å²) < 4.78 is 0. The summed E-state index contributed by atoms with van der Waals surface area (Å²) in [5.41, 5.74) is 0.873. The first-order valence-corrected chi connectivity index (χ1v) is 8.24. The fraction of sp³-hybridized carbons (Fsp3) is 0.688. The Morgan fingerprint density at radius 3 is 2.68 bits per heavy atom. The number of thiophene rings is 1. The third-order valence-corrected chi connectivity index (χ3v) is 6.05.